The minimum atomic E-state index is -1.58. The molecule has 0 spiro atoms. The van der Waals surface area contributed by atoms with E-state index in [1.54, 1.807) is 6.07 Å². The van der Waals surface area contributed by atoms with Crippen molar-refractivity contribution in [1.82, 2.24) is 5.43 Å². The number of rotatable bonds is 3. The Hall–Kier alpha value is -1.27. The van der Waals surface area contributed by atoms with Crippen molar-refractivity contribution < 1.29 is 13.2 Å². The first-order chi connectivity index (χ1) is 9.47. The van der Waals surface area contributed by atoms with Crippen molar-refractivity contribution in [1.29, 1.82) is 0 Å². The van der Waals surface area contributed by atoms with Crippen LogP contribution >= 0.6 is 23.2 Å². The molecule has 0 saturated heterocycles. The third kappa shape index (κ3) is 2.62. The summed E-state index contributed by atoms with van der Waals surface area (Å²) in [4.78, 5) is 0. The van der Waals surface area contributed by atoms with E-state index >= 15 is 0 Å². The Morgan fingerprint density at radius 2 is 1.55 bits per heavy atom. The van der Waals surface area contributed by atoms with Gasteiger partial charge in [0.1, 0.15) is 0 Å². The minimum absolute atomic E-state index is 0.193. The van der Waals surface area contributed by atoms with Crippen molar-refractivity contribution in [3.8, 4) is 0 Å². The number of hydrogen-bond acceptors (Lipinski definition) is 2. The summed E-state index contributed by atoms with van der Waals surface area (Å²) in [5.74, 6) is 1.18. The second-order valence-electron chi connectivity index (χ2n) is 4.00. The average molecular weight is 321 g/mol. The maximum Gasteiger partial charge on any atom is 0.194 e. The Kier molecular flexibility index (Phi) is 4.55. The Morgan fingerprint density at radius 1 is 0.950 bits per heavy atom. The first kappa shape index (κ1) is 15.1. The molecule has 1 atom stereocenters. The molecule has 0 radical (unpaired) electrons. The number of hydrazine groups is 1. The molecule has 7 heteroatoms. The van der Waals surface area contributed by atoms with Crippen LogP contribution < -0.4 is 11.3 Å². The standard InChI is InChI=1S/C13H9Cl2F3N2/c14-7-2-1-3-8(15)10(7)13(20-19)6-4-5-9(16)12(18)11(6)17/h1-5,13,20H,19H2. The minimum Gasteiger partial charge on any atom is -0.271 e. The van der Waals surface area contributed by atoms with E-state index in [0.29, 0.717) is 0 Å². The molecule has 2 rings (SSSR count). The van der Waals surface area contributed by atoms with Crippen molar-refractivity contribution in [3.63, 3.8) is 0 Å². The average Bonchev–Trinajstić information content (AvgIpc) is 2.42. The molecule has 1 unspecified atom stereocenters. The molecular formula is C13H9Cl2F3N2. The van der Waals surface area contributed by atoms with Gasteiger partial charge in [-0.3, -0.25) is 5.84 Å². The van der Waals surface area contributed by atoms with Crippen LogP contribution in [0.3, 0.4) is 0 Å². The monoisotopic (exact) mass is 320 g/mol. The van der Waals surface area contributed by atoms with E-state index in [-0.39, 0.29) is 21.2 Å². The summed E-state index contributed by atoms with van der Waals surface area (Å²) in [6.45, 7) is 0. The second-order valence-corrected chi connectivity index (χ2v) is 4.81. The van der Waals surface area contributed by atoms with Gasteiger partial charge in [0.2, 0.25) is 0 Å². The molecule has 0 amide bonds. The van der Waals surface area contributed by atoms with Gasteiger partial charge in [-0.15, -0.1) is 0 Å². The van der Waals surface area contributed by atoms with E-state index in [9.17, 15) is 13.2 Å². The maximum absolute atomic E-state index is 13.9. The van der Waals surface area contributed by atoms with E-state index in [1.165, 1.54) is 12.1 Å². The fraction of sp³-hybridized carbons (Fsp3) is 0.0769. The van der Waals surface area contributed by atoms with Crippen LogP contribution in [0, 0.1) is 17.5 Å². The summed E-state index contributed by atoms with van der Waals surface area (Å²) < 4.78 is 40.1. The Bertz CT molecular complexity index is 630. The molecule has 106 valence electrons. The molecule has 0 aliphatic carbocycles. The summed E-state index contributed by atoms with van der Waals surface area (Å²) in [6, 6.07) is 5.55. The Balaban J connectivity index is 2.62. The van der Waals surface area contributed by atoms with Crippen molar-refractivity contribution in [3.05, 3.63) is 69.0 Å². The number of nitrogens with one attached hydrogen (secondary N) is 1. The van der Waals surface area contributed by atoms with Crippen molar-refractivity contribution in [2.75, 3.05) is 0 Å². The number of nitrogens with two attached hydrogens (primary N) is 1. The zero-order chi connectivity index (χ0) is 14.9. The highest BCUT2D eigenvalue weighted by molar-refractivity contribution is 6.36. The van der Waals surface area contributed by atoms with Crippen molar-refractivity contribution in [2.24, 2.45) is 5.84 Å². The summed E-state index contributed by atoms with van der Waals surface area (Å²) >= 11 is 12.0. The predicted molar refractivity (Wildman–Crippen MR) is 71.9 cm³/mol. The maximum atomic E-state index is 13.9. The lowest BCUT2D eigenvalue weighted by Crippen LogP contribution is -2.30. The second kappa shape index (κ2) is 6.01. The molecule has 3 N–H and O–H groups in total. The quantitative estimate of drug-likeness (QED) is 0.510. The third-order valence-corrected chi connectivity index (χ3v) is 3.49. The van der Waals surface area contributed by atoms with E-state index < -0.39 is 23.5 Å². The molecule has 0 aromatic heterocycles. The van der Waals surface area contributed by atoms with Gasteiger partial charge in [-0.1, -0.05) is 35.3 Å². The molecule has 0 heterocycles. The molecule has 0 aliphatic rings. The van der Waals surface area contributed by atoms with Crippen molar-refractivity contribution >= 4 is 23.2 Å². The molecule has 2 nitrogen and oxygen atoms in total. The topological polar surface area (TPSA) is 38.0 Å². The van der Waals surface area contributed by atoms with Crippen molar-refractivity contribution in [2.45, 2.75) is 6.04 Å². The van der Waals surface area contributed by atoms with E-state index in [4.69, 9.17) is 29.0 Å². The van der Waals surface area contributed by atoms with E-state index in [0.717, 1.165) is 12.1 Å². The van der Waals surface area contributed by atoms with Gasteiger partial charge in [-0.25, -0.2) is 18.6 Å². The summed E-state index contributed by atoms with van der Waals surface area (Å²) in [7, 11) is 0. The largest absolute Gasteiger partial charge is 0.271 e. The first-order valence-corrected chi connectivity index (χ1v) is 6.26. The van der Waals surface area contributed by atoms with Crippen LogP contribution in [0.15, 0.2) is 30.3 Å². The molecule has 0 aliphatic heterocycles. The molecular weight excluding hydrogens is 312 g/mol. The summed E-state index contributed by atoms with van der Waals surface area (Å²) in [5.41, 5.74) is 2.39. The zero-order valence-electron chi connectivity index (χ0n) is 9.93. The lowest BCUT2D eigenvalue weighted by atomic mass is 9.98. The van der Waals surface area contributed by atoms with Crippen LogP contribution in [0.2, 0.25) is 10.0 Å². The first-order valence-electron chi connectivity index (χ1n) is 5.50. The van der Waals surface area contributed by atoms with Crippen LogP contribution in [0.25, 0.3) is 0 Å². The summed E-state index contributed by atoms with van der Waals surface area (Å²) in [6.07, 6.45) is 0. The van der Waals surface area contributed by atoms with Gasteiger partial charge in [-0.05, 0) is 18.2 Å². The molecule has 20 heavy (non-hydrogen) atoms. The smallest absolute Gasteiger partial charge is 0.194 e. The fourth-order valence-corrected chi connectivity index (χ4v) is 2.49. The lowest BCUT2D eigenvalue weighted by molar-refractivity contribution is 0.433. The SMILES string of the molecule is NNC(c1ccc(F)c(F)c1F)c1c(Cl)cccc1Cl. The van der Waals surface area contributed by atoms with Crippen LogP contribution in [-0.4, -0.2) is 0 Å². The van der Waals surface area contributed by atoms with E-state index in [1.807, 2.05) is 0 Å². The lowest BCUT2D eigenvalue weighted by Gasteiger charge is -2.20. The van der Waals surface area contributed by atoms with E-state index in [2.05, 4.69) is 5.43 Å². The highest BCUT2D eigenvalue weighted by Gasteiger charge is 2.24. The Labute approximate surface area is 123 Å². The molecule has 0 saturated carbocycles. The molecule has 2 aromatic carbocycles. The van der Waals surface area contributed by atoms with Gasteiger partial charge in [0.05, 0.1) is 6.04 Å². The van der Waals surface area contributed by atoms with Crippen LogP contribution in [0.1, 0.15) is 17.2 Å². The highest BCUT2D eigenvalue weighted by Crippen LogP contribution is 2.35. The van der Waals surface area contributed by atoms with Gasteiger partial charge < -0.3 is 0 Å². The highest BCUT2D eigenvalue weighted by atomic mass is 35.5. The molecule has 0 bridgehead atoms. The number of benzene rings is 2. The van der Waals surface area contributed by atoms with Gasteiger partial charge in [-0.2, -0.15) is 0 Å². The normalized spacial score (nSPS) is 12.5. The van der Waals surface area contributed by atoms with Gasteiger partial charge in [0, 0.05) is 21.2 Å². The number of hydrogen-bond donors (Lipinski definition) is 2. The van der Waals surface area contributed by atoms with Gasteiger partial charge in [0.25, 0.3) is 0 Å². The Morgan fingerprint density at radius 3 is 2.10 bits per heavy atom. The zero-order valence-corrected chi connectivity index (χ0v) is 11.4. The molecule has 2 aromatic rings. The van der Waals surface area contributed by atoms with Crippen LogP contribution in [0.4, 0.5) is 13.2 Å². The van der Waals surface area contributed by atoms with Crippen LogP contribution in [-0.2, 0) is 0 Å². The van der Waals surface area contributed by atoms with Crippen LogP contribution in [0.5, 0.6) is 0 Å². The number of halogens is 5. The fourth-order valence-electron chi connectivity index (χ4n) is 1.88. The van der Waals surface area contributed by atoms with Gasteiger partial charge in [0.15, 0.2) is 17.5 Å². The third-order valence-electron chi connectivity index (χ3n) is 2.83. The molecule has 0 fully saturated rings. The summed E-state index contributed by atoms with van der Waals surface area (Å²) in [5, 5.41) is 0.453. The van der Waals surface area contributed by atoms with Gasteiger partial charge >= 0.3 is 0 Å². The predicted octanol–water partition coefficient (Wildman–Crippen LogP) is 3.96.